The lowest BCUT2D eigenvalue weighted by Crippen LogP contribution is -2.23. The molecule has 0 aliphatic carbocycles. The number of rotatable bonds is 7. The maximum absolute atomic E-state index is 12.0. The minimum atomic E-state index is -0.0578. The fraction of sp³-hybridized carbons (Fsp3) is 0.300. The zero-order valence-electron chi connectivity index (χ0n) is 14.7. The van der Waals surface area contributed by atoms with Gasteiger partial charge in [0.1, 0.15) is 0 Å². The fourth-order valence-electron chi connectivity index (χ4n) is 2.29. The van der Waals surface area contributed by atoms with Crippen molar-refractivity contribution in [2.24, 2.45) is 5.92 Å². The zero-order chi connectivity index (χ0) is 18.2. The molecule has 0 spiro atoms. The highest BCUT2D eigenvalue weighted by molar-refractivity contribution is 5.92. The Bertz CT molecular complexity index is 724. The SMILES string of the molecule is CC(C)C(=O)Nc1ccc(CNC(=O)CCc2ccccc2N)cc1. The topological polar surface area (TPSA) is 84.2 Å². The molecule has 5 nitrogen and oxygen atoms in total. The Kier molecular flexibility index (Phi) is 6.57. The van der Waals surface area contributed by atoms with Crippen molar-refractivity contribution in [3.05, 3.63) is 59.7 Å². The van der Waals surface area contributed by atoms with Gasteiger partial charge in [-0.15, -0.1) is 0 Å². The van der Waals surface area contributed by atoms with Crippen LogP contribution in [0, 0.1) is 5.92 Å². The van der Waals surface area contributed by atoms with Crippen LogP contribution in [0.15, 0.2) is 48.5 Å². The zero-order valence-corrected chi connectivity index (χ0v) is 14.7. The van der Waals surface area contributed by atoms with Gasteiger partial charge in [0, 0.05) is 30.3 Å². The summed E-state index contributed by atoms with van der Waals surface area (Å²) in [6.45, 7) is 4.16. The molecular weight excluding hydrogens is 314 g/mol. The van der Waals surface area contributed by atoms with Gasteiger partial charge in [-0.25, -0.2) is 0 Å². The van der Waals surface area contributed by atoms with Crippen molar-refractivity contribution >= 4 is 23.2 Å². The predicted octanol–water partition coefficient (Wildman–Crippen LogP) is 3.11. The largest absolute Gasteiger partial charge is 0.399 e. The summed E-state index contributed by atoms with van der Waals surface area (Å²) in [5.74, 6) is -0.0840. The number of aryl methyl sites for hydroxylation is 1. The van der Waals surface area contributed by atoms with Gasteiger partial charge >= 0.3 is 0 Å². The van der Waals surface area contributed by atoms with Crippen LogP contribution in [0.5, 0.6) is 0 Å². The number of nitrogens with one attached hydrogen (secondary N) is 2. The van der Waals surface area contributed by atoms with Gasteiger partial charge in [-0.05, 0) is 35.7 Å². The van der Waals surface area contributed by atoms with E-state index >= 15 is 0 Å². The van der Waals surface area contributed by atoms with Gasteiger partial charge in [-0.1, -0.05) is 44.2 Å². The first-order valence-corrected chi connectivity index (χ1v) is 8.45. The standard InChI is InChI=1S/C20H25N3O2/c1-14(2)20(25)23-17-10-7-15(8-11-17)13-22-19(24)12-9-16-5-3-4-6-18(16)21/h3-8,10-11,14H,9,12-13,21H2,1-2H3,(H,22,24)(H,23,25). The van der Waals surface area contributed by atoms with E-state index in [9.17, 15) is 9.59 Å². The molecule has 2 rings (SSSR count). The van der Waals surface area contributed by atoms with Crippen molar-refractivity contribution in [1.29, 1.82) is 0 Å². The molecule has 0 unspecified atom stereocenters. The van der Waals surface area contributed by atoms with Crippen LogP contribution in [0.2, 0.25) is 0 Å². The highest BCUT2D eigenvalue weighted by Gasteiger charge is 2.07. The molecule has 2 aromatic rings. The summed E-state index contributed by atoms with van der Waals surface area (Å²) < 4.78 is 0. The van der Waals surface area contributed by atoms with Gasteiger partial charge in [-0.2, -0.15) is 0 Å². The first-order valence-electron chi connectivity index (χ1n) is 8.45. The second-order valence-electron chi connectivity index (χ2n) is 6.32. The molecule has 132 valence electrons. The van der Waals surface area contributed by atoms with E-state index in [2.05, 4.69) is 10.6 Å². The number of carbonyl (C=O) groups is 2. The van der Waals surface area contributed by atoms with Gasteiger partial charge in [0.2, 0.25) is 11.8 Å². The predicted molar refractivity (Wildman–Crippen MR) is 101 cm³/mol. The number of benzene rings is 2. The Labute approximate surface area is 148 Å². The van der Waals surface area contributed by atoms with Crippen molar-refractivity contribution in [1.82, 2.24) is 5.32 Å². The Morgan fingerprint density at radius 3 is 2.36 bits per heavy atom. The second-order valence-corrected chi connectivity index (χ2v) is 6.32. The van der Waals surface area contributed by atoms with Crippen LogP contribution < -0.4 is 16.4 Å². The molecule has 2 aromatic carbocycles. The van der Waals surface area contributed by atoms with Crippen LogP contribution >= 0.6 is 0 Å². The van der Waals surface area contributed by atoms with Crippen molar-refractivity contribution in [3.8, 4) is 0 Å². The lowest BCUT2D eigenvalue weighted by atomic mass is 10.1. The lowest BCUT2D eigenvalue weighted by Gasteiger charge is -2.09. The summed E-state index contributed by atoms with van der Waals surface area (Å²) >= 11 is 0. The van der Waals surface area contributed by atoms with Crippen LogP contribution in [0.25, 0.3) is 0 Å². The molecule has 0 aliphatic heterocycles. The number of para-hydroxylation sites is 1. The fourth-order valence-corrected chi connectivity index (χ4v) is 2.29. The number of hydrogen-bond acceptors (Lipinski definition) is 3. The quantitative estimate of drug-likeness (QED) is 0.678. The number of nitrogen functional groups attached to an aromatic ring is 1. The lowest BCUT2D eigenvalue weighted by molar-refractivity contribution is -0.121. The van der Waals surface area contributed by atoms with E-state index in [1.807, 2.05) is 62.4 Å². The van der Waals surface area contributed by atoms with Gasteiger partial charge in [0.05, 0.1) is 0 Å². The van der Waals surface area contributed by atoms with Crippen LogP contribution in [0.3, 0.4) is 0 Å². The molecule has 0 bridgehead atoms. The van der Waals surface area contributed by atoms with Gasteiger partial charge in [0.15, 0.2) is 0 Å². The molecule has 25 heavy (non-hydrogen) atoms. The highest BCUT2D eigenvalue weighted by Crippen LogP contribution is 2.13. The average molecular weight is 339 g/mol. The van der Waals surface area contributed by atoms with E-state index in [1.165, 1.54) is 0 Å². The molecule has 0 saturated heterocycles. The van der Waals surface area contributed by atoms with E-state index in [4.69, 9.17) is 5.73 Å². The second kappa shape index (κ2) is 8.87. The van der Waals surface area contributed by atoms with E-state index in [0.29, 0.717) is 25.1 Å². The van der Waals surface area contributed by atoms with Crippen LogP contribution in [0.4, 0.5) is 11.4 Å². The molecule has 4 N–H and O–H groups in total. The number of nitrogens with two attached hydrogens (primary N) is 1. The first-order chi connectivity index (χ1) is 12.0. The van der Waals surface area contributed by atoms with E-state index in [0.717, 1.165) is 16.8 Å². The van der Waals surface area contributed by atoms with Gasteiger partial charge in [0.25, 0.3) is 0 Å². The third-order valence-electron chi connectivity index (χ3n) is 3.91. The summed E-state index contributed by atoms with van der Waals surface area (Å²) in [6.07, 6.45) is 1.02. The highest BCUT2D eigenvalue weighted by atomic mass is 16.2. The summed E-state index contributed by atoms with van der Waals surface area (Å²) in [5.41, 5.74) is 9.32. The molecule has 0 radical (unpaired) electrons. The summed E-state index contributed by atoms with van der Waals surface area (Å²) in [4.78, 5) is 23.6. The normalized spacial score (nSPS) is 10.5. The van der Waals surface area contributed by atoms with Crippen molar-refractivity contribution in [3.63, 3.8) is 0 Å². The van der Waals surface area contributed by atoms with E-state index in [1.54, 1.807) is 0 Å². The maximum Gasteiger partial charge on any atom is 0.226 e. The Morgan fingerprint density at radius 2 is 1.72 bits per heavy atom. The molecule has 0 aliphatic rings. The van der Waals surface area contributed by atoms with Gasteiger partial charge in [-0.3, -0.25) is 9.59 Å². The molecule has 0 heterocycles. The summed E-state index contributed by atoms with van der Waals surface area (Å²) in [5, 5.41) is 5.74. The first kappa shape index (κ1) is 18.5. The summed E-state index contributed by atoms with van der Waals surface area (Å²) in [6, 6.07) is 15.0. The number of carbonyl (C=O) groups excluding carboxylic acids is 2. The Morgan fingerprint density at radius 1 is 1.04 bits per heavy atom. The van der Waals surface area contributed by atoms with Crippen LogP contribution in [0.1, 0.15) is 31.4 Å². The van der Waals surface area contributed by atoms with Crippen molar-refractivity contribution < 1.29 is 9.59 Å². The third-order valence-corrected chi connectivity index (χ3v) is 3.91. The Balaban J connectivity index is 1.78. The smallest absolute Gasteiger partial charge is 0.226 e. The molecule has 0 aromatic heterocycles. The minimum absolute atomic E-state index is 0.0127. The molecule has 5 heteroatoms. The average Bonchev–Trinajstić information content (AvgIpc) is 2.60. The monoisotopic (exact) mass is 339 g/mol. The Hall–Kier alpha value is -2.82. The number of anilines is 2. The molecule has 0 fully saturated rings. The van der Waals surface area contributed by atoms with Crippen LogP contribution in [-0.2, 0) is 22.6 Å². The number of amides is 2. The minimum Gasteiger partial charge on any atom is -0.399 e. The molecule has 0 saturated carbocycles. The van der Waals surface area contributed by atoms with Gasteiger partial charge < -0.3 is 16.4 Å². The maximum atomic E-state index is 12.0. The van der Waals surface area contributed by atoms with E-state index in [-0.39, 0.29) is 17.7 Å². The summed E-state index contributed by atoms with van der Waals surface area (Å²) in [7, 11) is 0. The van der Waals surface area contributed by atoms with E-state index < -0.39 is 0 Å². The molecular formula is C20H25N3O2. The van der Waals surface area contributed by atoms with Crippen LogP contribution in [-0.4, -0.2) is 11.8 Å². The van der Waals surface area contributed by atoms with Crippen molar-refractivity contribution in [2.75, 3.05) is 11.1 Å². The molecule has 2 amide bonds. The molecule has 0 atom stereocenters. The number of hydrogen-bond donors (Lipinski definition) is 3. The van der Waals surface area contributed by atoms with Crippen molar-refractivity contribution in [2.45, 2.75) is 33.2 Å². The third kappa shape index (κ3) is 5.95.